The molecule has 1 N–H and O–H groups in total. The van der Waals surface area contributed by atoms with Gasteiger partial charge in [0.15, 0.2) is 0 Å². The number of amides is 1. The maximum atomic E-state index is 13.5. The predicted molar refractivity (Wildman–Crippen MR) is 160 cm³/mol. The van der Waals surface area contributed by atoms with Crippen molar-refractivity contribution in [1.82, 2.24) is 24.1 Å². The summed E-state index contributed by atoms with van der Waals surface area (Å²) in [6, 6.07) is 11.3. The third-order valence-electron chi connectivity index (χ3n) is 10.1. The van der Waals surface area contributed by atoms with Crippen molar-refractivity contribution >= 4 is 21.7 Å². The Labute approximate surface area is 244 Å². The van der Waals surface area contributed by atoms with Gasteiger partial charge >= 0.3 is 0 Å². The van der Waals surface area contributed by atoms with E-state index in [-0.39, 0.29) is 5.91 Å². The molecular weight excluding hydrogens is 536 g/mol. The lowest BCUT2D eigenvalue weighted by Gasteiger charge is -2.37. The molecule has 1 aromatic heterocycles. The van der Waals surface area contributed by atoms with Crippen molar-refractivity contribution in [2.75, 3.05) is 57.4 Å². The van der Waals surface area contributed by atoms with E-state index in [1.807, 2.05) is 11.8 Å². The standard InChI is InChI=1S/C31H44N6O3S/c1-22-29(33-21-34-30(22)32-16-23-7-6-10-25(15-23)24-8-4-3-5-9-24)31(38)35-13-11-28(12-14-35)36-17-26-19-37(41(2,39)40)20-27(26)18-36/h3-5,8-9,21,23,25-28H,6-7,10-20H2,1-2H3,(H,32,33,34)/t23-,25+,26?,27?/m0/s1. The number of hydrogen-bond acceptors (Lipinski definition) is 7. The van der Waals surface area contributed by atoms with E-state index >= 15 is 0 Å². The second kappa shape index (κ2) is 12.0. The molecule has 3 saturated heterocycles. The second-order valence-electron chi connectivity index (χ2n) is 12.8. The maximum absolute atomic E-state index is 13.5. The Hall–Kier alpha value is -2.56. The molecule has 4 aliphatic rings. The molecule has 222 valence electrons. The van der Waals surface area contributed by atoms with Gasteiger partial charge in [0.1, 0.15) is 17.8 Å². The second-order valence-corrected chi connectivity index (χ2v) is 14.8. The number of piperidine rings is 1. The zero-order valence-corrected chi connectivity index (χ0v) is 25.2. The fourth-order valence-corrected chi connectivity index (χ4v) is 8.65. The Morgan fingerprint density at radius 3 is 2.37 bits per heavy atom. The maximum Gasteiger partial charge on any atom is 0.272 e. The number of likely N-dealkylation sites (tertiary alicyclic amines) is 2. The smallest absolute Gasteiger partial charge is 0.272 e. The highest BCUT2D eigenvalue weighted by atomic mass is 32.2. The lowest BCUT2D eigenvalue weighted by molar-refractivity contribution is 0.0629. The van der Waals surface area contributed by atoms with Gasteiger partial charge in [-0.3, -0.25) is 9.69 Å². The Bertz CT molecular complexity index is 1320. The number of carbonyl (C=O) groups is 1. The van der Waals surface area contributed by atoms with Gasteiger partial charge in [-0.1, -0.05) is 36.8 Å². The summed E-state index contributed by atoms with van der Waals surface area (Å²) in [7, 11) is -3.10. The van der Waals surface area contributed by atoms with Gasteiger partial charge in [0.05, 0.1) is 6.26 Å². The summed E-state index contributed by atoms with van der Waals surface area (Å²) in [5.74, 6) is 2.82. The van der Waals surface area contributed by atoms with E-state index in [2.05, 4.69) is 50.5 Å². The van der Waals surface area contributed by atoms with Crippen LogP contribution in [0.4, 0.5) is 5.82 Å². The summed E-state index contributed by atoms with van der Waals surface area (Å²) in [5.41, 5.74) is 2.78. The molecule has 4 atom stereocenters. The van der Waals surface area contributed by atoms with Crippen LogP contribution in [0.25, 0.3) is 0 Å². The van der Waals surface area contributed by atoms with Crippen LogP contribution in [0.1, 0.15) is 66.1 Å². The van der Waals surface area contributed by atoms with E-state index in [1.54, 1.807) is 4.31 Å². The lowest BCUT2D eigenvalue weighted by Crippen LogP contribution is -2.47. The average molecular weight is 581 g/mol. The van der Waals surface area contributed by atoms with Gasteiger partial charge in [-0.2, -0.15) is 0 Å². The first kappa shape index (κ1) is 28.6. The van der Waals surface area contributed by atoms with Crippen LogP contribution in [0.2, 0.25) is 0 Å². The summed E-state index contributed by atoms with van der Waals surface area (Å²) in [5, 5.41) is 3.56. The molecule has 3 aliphatic heterocycles. The first-order chi connectivity index (χ1) is 19.8. The molecule has 2 aromatic rings. The number of nitrogens with zero attached hydrogens (tertiary/aromatic N) is 5. The molecule has 0 spiro atoms. The summed E-state index contributed by atoms with van der Waals surface area (Å²) >= 11 is 0. The van der Waals surface area contributed by atoms with Crippen LogP contribution < -0.4 is 5.32 Å². The number of anilines is 1. The van der Waals surface area contributed by atoms with Gasteiger partial charge in [0.2, 0.25) is 10.0 Å². The van der Waals surface area contributed by atoms with E-state index in [1.165, 1.54) is 43.8 Å². The minimum absolute atomic E-state index is 0.00436. The van der Waals surface area contributed by atoms with Crippen molar-refractivity contribution in [2.24, 2.45) is 17.8 Å². The minimum Gasteiger partial charge on any atom is -0.369 e. The average Bonchev–Trinajstić information content (AvgIpc) is 3.58. The topological polar surface area (TPSA) is 98.7 Å². The van der Waals surface area contributed by atoms with Crippen LogP contribution in [0.5, 0.6) is 0 Å². The van der Waals surface area contributed by atoms with Crippen molar-refractivity contribution in [3.05, 3.63) is 53.5 Å². The zero-order valence-electron chi connectivity index (χ0n) is 24.4. The Balaban J connectivity index is 1.00. The number of fused-ring (bicyclic) bond motifs is 1. The molecule has 0 bridgehead atoms. The van der Waals surface area contributed by atoms with Crippen LogP contribution in [0, 0.1) is 24.7 Å². The van der Waals surface area contributed by atoms with E-state index < -0.39 is 10.0 Å². The molecule has 1 aliphatic carbocycles. The van der Waals surface area contributed by atoms with Gasteiger partial charge in [-0.15, -0.1) is 0 Å². The molecule has 9 nitrogen and oxygen atoms in total. The molecular formula is C31H44N6O3S. The number of sulfonamides is 1. The highest BCUT2D eigenvalue weighted by Crippen LogP contribution is 2.37. The van der Waals surface area contributed by atoms with Crippen molar-refractivity contribution in [3.8, 4) is 0 Å². The number of aromatic nitrogens is 2. The van der Waals surface area contributed by atoms with Crippen LogP contribution in [0.15, 0.2) is 36.7 Å². The molecule has 0 radical (unpaired) electrons. The number of hydrogen-bond donors (Lipinski definition) is 1. The Morgan fingerprint density at radius 1 is 0.976 bits per heavy atom. The van der Waals surface area contributed by atoms with Crippen LogP contribution >= 0.6 is 0 Å². The molecule has 1 aromatic carbocycles. The largest absolute Gasteiger partial charge is 0.369 e. The zero-order chi connectivity index (χ0) is 28.6. The van der Waals surface area contributed by atoms with Gasteiger partial charge in [0, 0.05) is 57.4 Å². The highest BCUT2D eigenvalue weighted by Gasteiger charge is 2.44. The summed E-state index contributed by atoms with van der Waals surface area (Å²) in [6.45, 7) is 7.48. The summed E-state index contributed by atoms with van der Waals surface area (Å²) in [4.78, 5) is 26.9. The SMILES string of the molecule is Cc1c(NC[C@H]2CCC[C@@H](c3ccccc3)C2)ncnc1C(=O)N1CCC(N2CC3CN(S(C)(=O)=O)CC3C2)CC1. The molecule has 2 unspecified atom stereocenters. The number of nitrogens with one attached hydrogen (secondary N) is 1. The van der Waals surface area contributed by atoms with Gasteiger partial charge in [-0.25, -0.2) is 22.7 Å². The monoisotopic (exact) mass is 580 g/mol. The fourth-order valence-electron chi connectivity index (χ4n) is 7.73. The quantitative estimate of drug-likeness (QED) is 0.534. The van der Waals surface area contributed by atoms with Crippen LogP contribution in [0.3, 0.4) is 0 Å². The number of carbonyl (C=O) groups excluding carboxylic acids is 1. The third-order valence-corrected chi connectivity index (χ3v) is 11.4. The predicted octanol–water partition coefficient (Wildman–Crippen LogP) is 3.60. The van der Waals surface area contributed by atoms with Gasteiger partial charge < -0.3 is 10.2 Å². The minimum atomic E-state index is -3.10. The summed E-state index contributed by atoms with van der Waals surface area (Å²) in [6.07, 6.45) is 9.61. The van der Waals surface area contributed by atoms with Crippen molar-refractivity contribution in [2.45, 2.75) is 57.4 Å². The Kier molecular flexibility index (Phi) is 8.34. The van der Waals surface area contributed by atoms with Crippen LogP contribution in [-0.2, 0) is 10.0 Å². The van der Waals surface area contributed by atoms with E-state index in [0.29, 0.717) is 48.5 Å². The highest BCUT2D eigenvalue weighted by molar-refractivity contribution is 7.88. The molecule has 6 rings (SSSR count). The first-order valence-corrected chi connectivity index (χ1v) is 17.2. The Morgan fingerprint density at radius 2 is 1.68 bits per heavy atom. The molecule has 1 amide bonds. The number of rotatable bonds is 7. The van der Waals surface area contributed by atoms with Crippen molar-refractivity contribution in [3.63, 3.8) is 0 Å². The fraction of sp³-hybridized carbons (Fsp3) is 0.645. The molecule has 4 heterocycles. The van der Waals surface area contributed by atoms with E-state index in [4.69, 9.17) is 0 Å². The van der Waals surface area contributed by atoms with Gasteiger partial charge in [0.25, 0.3) is 5.91 Å². The normalized spacial score (nSPS) is 28.1. The molecule has 1 saturated carbocycles. The van der Waals surface area contributed by atoms with Crippen LogP contribution in [-0.4, -0.2) is 96.5 Å². The third kappa shape index (κ3) is 6.29. The van der Waals surface area contributed by atoms with E-state index in [9.17, 15) is 13.2 Å². The van der Waals surface area contributed by atoms with Crippen molar-refractivity contribution in [1.29, 1.82) is 0 Å². The number of benzene rings is 1. The molecule has 10 heteroatoms. The first-order valence-electron chi connectivity index (χ1n) is 15.3. The van der Waals surface area contributed by atoms with E-state index in [0.717, 1.165) is 56.9 Å². The molecule has 41 heavy (non-hydrogen) atoms. The summed E-state index contributed by atoms with van der Waals surface area (Å²) < 4.78 is 25.5. The van der Waals surface area contributed by atoms with Gasteiger partial charge in [-0.05, 0) is 68.3 Å². The lowest BCUT2D eigenvalue weighted by atomic mass is 9.78. The molecule has 4 fully saturated rings. The van der Waals surface area contributed by atoms with Crippen molar-refractivity contribution < 1.29 is 13.2 Å².